The molecule has 2 unspecified atom stereocenters. The third-order valence-corrected chi connectivity index (χ3v) is 7.41. The van der Waals surface area contributed by atoms with Crippen LogP contribution in [0.1, 0.15) is 80.1 Å². The number of rotatable bonds is 4. The molecule has 6 nitrogen and oxygen atoms in total. The molecule has 2 aliphatic heterocycles. The zero-order chi connectivity index (χ0) is 21.1. The summed E-state index contributed by atoms with van der Waals surface area (Å²) in [4.78, 5) is 0. The van der Waals surface area contributed by atoms with Gasteiger partial charge in [0, 0.05) is 12.0 Å². The first kappa shape index (κ1) is 19.4. The molecule has 1 saturated heterocycles. The van der Waals surface area contributed by atoms with Crippen molar-refractivity contribution in [3.8, 4) is 17.0 Å². The van der Waals surface area contributed by atoms with Gasteiger partial charge in [0.15, 0.2) is 5.82 Å². The maximum Gasteiger partial charge on any atom is 0.155 e. The van der Waals surface area contributed by atoms with Crippen LogP contribution in [0.3, 0.4) is 0 Å². The standard InChI is InChI=1S/C24H28FN3O3/c25-16-9-13(12-5-6-12)10-19(30)22(16)23-15-11-14-7-8-20(31-14)21(15)24(28-27-23)26-17-3-1-2-4-18(17)29/h9-10,12,14,17-18,20,29-30H,1-8,11H2,(H,26,28)/t14?,17-,18-,20?/m1/s1. The second-order valence-corrected chi connectivity index (χ2v) is 9.59. The van der Waals surface area contributed by atoms with Crippen LogP contribution >= 0.6 is 0 Å². The summed E-state index contributed by atoms with van der Waals surface area (Å²) in [6, 6.07) is 3.15. The Morgan fingerprint density at radius 3 is 2.65 bits per heavy atom. The van der Waals surface area contributed by atoms with Crippen LogP contribution in [0.15, 0.2) is 12.1 Å². The smallest absolute Gasteiger partial charge is 0.155 e. The number of benzene rings is 1. The van der Waals surface area contributed by atoms with Gasteiger partial charge in [-0.05, 0) is 67.7 Å². The van der Waals surface area contributed by atoms with Gasteiger partial charge in [-0.1, -0.05) is 12.8 Å². The summed E-state index contributed by atoms with van der Waals surface area (Å²) in [5, 5.41) is 33.4. The molecular formula is C24H28FN3O3. The van der Waals surface area contributed by atoms with Crippen LogP contribution in [0.5, 0.6) is 5.75 Å². The summed E-state index contributed by atoms with van der Waals surface area (Å²) in [7, 11) is 0. The highest BCUT2D eigenvalue weighted by Gasteiger charge is 2.40. The van der Waals surface area contributed by atoms with Gasteiger partial charge in [-0.2, -0.15) is 0 Å². The predicted molar refractivity (Wildman–Crippen MR) is 114 cm³/mol. The molecule has 164 valence electrons. The monoisotopic (exact) mass is 425 g/mol. The van der Waals surface area contributed by atoms with Crippen molar-refractivity contribution in [1.82, 2.24) is 10.2 Å². The SMILES string of the molecule is Oc1cc(C2CC2)cc(F)c1-c1nnc(N[C@@H]2CCCC[C@H]2O)c2c1CC1CCC2O1. The molecule has 0 spiro atoms. The minimum Gasteiger partial charge on any atom is -0.507 e. The number of nitrogens with zero attached hydrogens (tertiary/aromatic N) is 2. The summed E-state index contributed by atoms with van der Waals surface area (Å²) >= 11 is 0. The highest BCUT2D eigenvalue weighted by atomic mass is 19.1. The number of aliphatic hydroxyl groups is 1. The van der Waals surface area contributed by atoms with Gasteiger partial charge in [0.05, 0.1) is 29.9 Å². The molecule has 31 heavy (non-hydrogen) atoms. The molecule has 1 aromatic heterocycles. The topological polar surface area (TPSA) is 87.5 Å². The first-order chi connectivity index (χ1) is 15.1. The quantitative estimate of drug-likeness (QED) is 0.675. The highest BCUT2D eigenvalue weighted by Crippen LogP contribution is 2.49. The Morgan fingerprint density at radius 1 is 1.03 bits per heavy atom. The Morgan fingerprint density at radius 2 is 1.87 bits per heavy atom. The Kier molecular flexibility index (Phi) is 4.65. The van der Waals surface area contributed by atoms with E-state index in [9.17, 15) is 10.2 Å². The fourth-order valence-corrected chi connectivity index (χ4v) is 5.60. The number of anilines is 1. The van der Waals surface area contributed by atoms with Crippen molar-refractivity contribution in [3.63, 3.8) is 0 Å². The van der Waals surface area contributed by atoms with E-state index in [0.29, 0.717) is 23.9 Å². The lowest BCUT2D eigenvalue weighted by Gasteiger charge is -2.32. The second kappa shape index (κ2) is 7.41. The van der Waals surface area contributed by atoms with Crippen molar-refractivity contribution in [1.29, 1.82) is 0 Å². The minimum absolute atomic E-state index is 0.0688. The zero-order valence-corrected chi connectivity index (χ0v) is 17.5. The van der Waals surface area contributed by atoms with Crippen LogP contribution in [-0.2, 0) is 11.2 Å². The van der Waals surface area contributed by atoms with Crippen molar-refractivity contribution < 1.29 is 19.3 Å². The molecule has 2 saturated carbocycles. The van der Waals surface area contributed by atoms with E-state index in [2.05, 4.69) is 15.5 Å². The molecule has 3 heterocycles. The fourth-order valence-electron chi connectivity index (χ4n) is 5.60. The largest absolute Gasteiger partial charge is 0.507 e. The molecule has 0 radical (unpaired) electrons. The van der Waals surface area contributed by atoms with Crippen LogP contribution in [0, 0.1) is 5.82 Å². The molecule has 2 bridgehead atoms. The molecule has 4 aliphatic rings. The van der Waals surface area contributed by atoms with E-state index in [1.54, 1.807) is 12.1 Å². The summed E-state index contributed by atoms with van der Waals surface area (Å²) in [5.41, 5.74) is 3.24. The summed E-state index contributed by atoms with van der Waals surface area (Å²) < 4.78 is 21.3. The van der Waals surface area contributed by atoms with Crippen LogP contribution in [0.25, 0.3) is 11.3 Å². The third kappa shape index (κ3) is 3.38. The molecule has 6 rings (SSSR count). The number of hydrogen-bond donors (Lipinski definition) is 3. The summed E-state index contributed by atoms with van der Waals surface area (Å²) in [5.74, 6) is 0.470. The number of aromatic nitrogens is 2. The van der Waals surface area contributed by atoms with E-state index in [1.165, 1.54) is 0 Å². The molecule has 3 N–H and O–H groups in total. The van der Waals surface area contributed by atoms with Gasteiger partial charge in [0.25, 0.3) is 0 Å². The molecule has 0 amide bonds. The second-order valence-electron chi connectivity index (χ2n) is 9.59. The molecule has 7 heteroatoms. The van der Waals surface area contributed by atoms with Crippen molar-refractivity contribution in [2.75, 3.05) is 5.32 Å². The molecular weight excluding hydrogens is 397 g/mol. The number of phenols is 1. The van der Waals surface area contributed by atoms with Crippen LogP contribution < -0.4 is 5.32 Å². The third-order valence-electron chi connectivity index (χ3n) is 7.41. The molecule has 3 fully saturated rings. The number of halogens is 1. The molecule has 4 atom stereocenters. The summed E-state index contributed by atoms with van der Waals surface area (Å²) in [6.07, 6.45) is 7.87. The number of aliphatic hydroxyl groups excluding tert-OH is 1. The lowest BCUT2D eigenvalue weighted by Crippen LogP contribution is -2.37. The van der Waals surface area contributed by atoms with Gasteiger partial charge in [-0.15, -0.1) is 10.2 Å². The van der Waals surface area contributed by atoms with Gasteiger partial charge in [-0.3, -0.25) is 0 Å². The molecule has 2 aromatic rings. The van der Waals surface area contributed by atoms with Gasteiger partial charge in [0.1, 0.15) is 17.3 Å². The van der Waals surface area contributed by atoms with Crippen molar-refractivity contribution in [2.45, 2.75) is 88.1 Å². The normalized spacial score (nSPS) is 29.6. The van der Waals surface area contributed by atoms with Gasteiger partial charge in [-0.25, -0.2) is 4.39 Å². The van der Waals surface area contributed by atoms with E-state index in [1.807, 2.05) is 0 Å². The van der Waals surface area contributed by atoms with Crippen LogP contribution in [-0.4, -0.2) is 38.7 Å². The van der Waals surface area contributed by atoms with Crippen molar-refractivity contribution in [3.05, 3.63) is 34.6 Å². The van der Waals surface area contributed by atoms with Crippen LogP contribution in [0.2, 0.25) is 0 Å². The van der Waals surface area contributed by atoms with E-state index >= 15 is 4.39 Å². The Labute approximate surface area is 180 Å². The minimum atomic E-state index is -0.444. The Balaban J connectivity index is 1.44. The zero-order valence-electron chi connectivity index (χ0n) is 17.5. The number of hydrogen-bond acceptors (Lipinski definition) is 6. The fraction of sp³-hybridized carbons (Fsp3) is 0.583. The number of ether oxygens (including phenoxy) is 1. The average Bonchev–Trinajstić information content (AvgIpc) is 3.54. The number of phenolic OH excluding ortho intramolecular Hbond substituents is 1. The van der Waals surface area contributed by atoms with Crippen molar-refractivity contribution in [2.24, 2.45) is 0 Å². The first-order valence-corrected chi connectivity index (χ1v) is 11.6. The van der Waals surface area contributed by atoms with E-state index < -0.39 is 11.9 Å². The number of aromatic hydroxyl groups is 1. The van der Waals surface area contributed by atoms with E-state index in [-0.39, 0.29) is 29.6 Å². The van der Waals surface area contributed by atoms with Crippen molar-refractivity contribution >= 4 is 5.82 Å². The number of nitrogens with one attached hydrogen (secondary N) is 1. The lowest BCUT2D eigenvalue weighted by atomic mass is 9.90. The Hall–Kier alpha value is -2.25. The molecule has 1 aromatic carbocycles. The maximum atomic E-state index is 15.2. The number of fused-ring (bicyclic) bond motifs is 4. The summed E-state index contributed by atoms with van der Waals surface area (Å²) in [6.45, 7) is 0. The Bertz CT molecular complexity index is 1000. The van der Waals surface area contributed by atoms with E-state index in [0.717, 1.165) is 68.1 Å². The van der Waals surface area contributed by atoms with Gasteiger partial charge >= 0.3 is 0 Å². The lowest BCUT2D eigenvalue weighted by molar-refractivity contribution is 0.0324. The molecule has 2 aliphatic carbocycles. The predicted octanol–water partition coefficient (Wildman–Crippen LogP) is 4.36. The first-order valence-electron chi connectivity index (χ1n) is 11.6. The average molecular weight is 426 g/mol. The van der Waals surface area contributed by atoms with Crippen LogP contribution in [0.4, 0.5) is 10.2 Å². The highest BCUT2D eigenvalue weighted by molar-refractivity contribution is 5.74. The maximum absolute atomic E-state index is 15.2. The van der Waals surface area contributed by atoms with E-state index in [4.69, 9.17) is 4.74 Å². The van der Waals surface area contributed by atoms with Gasteiger partial charge in [0.2, 0.25) is 0 Å². The van der Waals surface area contributed by atoms with Gasteiger partial charge < -0.3 is 20.3 Å².